The van der Waals surface area contributed by atoms with Crippen molar-refractivity contribution >= 4 is 16.8 Å². The van der Waals surface area contributed by atoms with Crippen LogP contribution in [-0.2, 0) is 13.1 Å². The molecule has 4 aromatic rings. The van der Waals surface area contributed by atoms with Gasteiger partial charge in [0.2, 0.25) is 0 Å². The molecule has 0 aliphatic rings. The van der Waals surface area contributed by atoms with E-state index >= 15 is 0 Å². The third-order valence-electron chi connectivity index (χ3n) is 5.67. The molecule has 3 N–H and O–H groups in total. The van der Waals surface area contributed by atoms with E-state index in [1.54, 1.807) is 47.6 Å². The second kappa shape index (κ2) is 11.1. The number of halogens is 1. The Labute approximate surface area is 202 Å². The minimum Gasteiger partial charge on any atom is -0.493 e. The van der Waals surface area contributed by atoms with Crippen LogP contribution in [0, 0.1) is 5.82 Å². The predicted molar refractivity (Wildman–Crippen MR) is 131 cm³/mol. The summed E-state index contributed by atoms with van der Waals surface area (Å²) in [5, 5.41) is 20.8. The summed E-state index contributed by atoms with van der Waals surface area (Å²) in [6.45, 7) is 3.02. The van der Waals surface area contributed by atoms with Crippen LogP contribution in [0.4, 0.5) is 4.39 Å². The summed E-state index contributed by atoms with van der Waals surface area (Å²) in [4.78, 5) is 19.6. The van der Waals surface area contributed by atoms with Crippen molar-refractivity contribution in [2.75, 3.05) is 26.8 Å². The molecule has 0 aliphatic carbocycles. The zero-order valence-corrected chi connectivity index (χ0v) is 19.7. The second-order valence-electron chi connectivity index (χ2n) is 8.02. The molecule has 4 rings (SSSR count). The fourth-order valence-electron chi connectivity index (χ4n) is 4.05. The first-order valence-electron chi connectivity index (χ1n) is 11.4. The standard InChI is InChI=1S/C26H28FN5O3/c1-3-35-24-12-18(7-8-21(24)17-5-4-6-20(27)11-17)26(34)32(9-10-33)16-19-13-29-23(15-28-2)22-14-30-31-25(19)22/h4-8,11-14,28,33H,3,9-10,15-16H2,1-2H3,(H,30,31). The van der Waals surface area contributed by atoms with Crippen LogP contribution >= 0.6 is 0 Å². The third kappa shape index (κ3) is 5.31. The van der Waals surface area contributed by atoms with Gasteiger partial charge in [-0.1, -0.05) is 12.1 Å². The van der Waals surface area contributed by atoms with Crippen molar-refractivity contribution in [2.45, 2.75) is 20.0 Å². The van der Waals surface area contributed by atoms with E-state index in [4.69, 9.17) is 4.74 Å². The SMILES string of the molecule is CCOc1cc(C(=O)N(CCO)Cc2cnc(CNC)c3cn[nH]c23)ccc1-c1cccc(F)c1. The molecule has 0 fully saturated rings. The zero-order chi connectivity index (χ0) is 24.8. The lowest BCUT2D eigenvalue weighted by Crippen LogP contribution is -2.33. The van der Waals surface area contributed by atoms with Gasteiger partial charge in [-0.15, -0.1) is 0 Å². The Morgan fingerprint density at radius 1 is 1.23 bits per heavy atom. The van der Waals surface area contributed by atoms with Gasteiger partial charge in [0.05, 0.1) is 30.6 Å². The summed E-state index contributed by atoms with van der Waals surface area (Å²) in [7, 11) is 1.85. The monoisotopic (exact) mass is 477 g/mol. The number of aromatic amines is 1. The van der Waals surface area contributed by atoms with Crippen molar-refractivity contribution in [3.05, 3.63) is 77.5 Å². The highest BCUT2D eigenvalue weighted by Crippen LogP contribution is 2.32. The Balaban J connectivity index is 1.65. The number of rotatable bonds is 10. The number of fused-ring (bicyclic) bond motifs is 1. The molecule has 0 atom stereocenters. The summed E-state index contributed by atoms with van der Waals surface area (Å²) in [5.74, 6) is -0.126. The smallest absolute Gasteiger partial charge is 0.254 e. The third-order valence-corrected chi connectivity index (χ3v) is 5.67. The average molecular weight is 478 g/mol. The van der Waals surface area contributed by atoms with Gasteiger partial charge in [-0.3, -0.25) is 14.9 Å². The normalized spacial score (nSPS) is 11.1. The van der Waals surface area contributed by atoms with Crippen molar-refractivity contribution in [3.63, 3.8) is 0 Å². The number of hydrogen-bond acceptors (Lipinski definition) is 6. The second-order valence-corrected chi connectivity index (χ2v) is 8.02. The lowest BCUT2D eigenvalue weighted by atomic mass is 10.0. The fourth-order valence-corrected chi connectivity index (χ4v) is 4.05. The van der Waals surface area contributed by atoms with Crippen molar-refractivity contribution in [3.8, 4) is 16.9 Å². The first-order valence-corrected chi connectivity index (χ1v) is 11.4. The van der Waals surface area contributed by atoms with Gasteiger partial charge < -0.3 is 20.1 Å². The zero-order valence-electron chi connectivity index (χ0n) is 19.7. The minimum atomic E-state index is -0.348. The average Bonchev–Trinajstić information content (AvgIpc) is 3.36. The quantitative estimate of drug-likeness (QED) is 0.323. The van der Waals surface area contributed by atoms with Crippen LogP contribution in [-0.4, -0.2) is 57.9 Å². The summed E-state index contributed by atoms with van der Waals surface area (Å²) < 4.78 is 19.6. The number of nitrogens with one attached hydrogen (secondary N) is 2. The molecule has 0 aliphatic heterocycles. The molecule has 2 aromatic carbocycles. The molecule has 0 radical (unpaired) electrons. The number of aliphatic hydroxyl groups is 1. The summed E-state index contributed by atoms with van der Waals surface area (Å²) in [5.41, 5.74) is 4.21. The maximum Gasteiger partial charge on any atom is 0.254 e. The maximum absolute atomic E-state index is 13.8. The molecule has 0 unspecified atom stereocenters. The van der Waals surface area contributed by atoms with Crippen LogP contribution in [0.5, 0.6) is 5.75 Å². The largest absolute Gasteiger partial charge is 0.493 e. The molecule has 2 heterocycles. The summed E-state index contributed by atoms with van der Waals surface area (Å²) in [6.07, 6.45) is 3.44. The number of aromatic nitrogens is 3. The topological polar surface area (TPSA) is 103 Å². The van der Waals surface area contributed by atoms with E-state index in [-0.39, 0.29) is 31.4 Å². The molecule has 1 amide bonds. The van der Waals surface area contributed by atoms with Gasteiger partial charge in [-0.2, -0.15) is 5.10 Å². The number of pyridine rings is 1. The van der Waals surface area contributed by atoms with E-state index in [1.165, 1.54) is 12.1 Å². The van der Waals surface area contributed by atoms with Gasteiger partial charge in [-0.05, 0) is 49.9 Å². The molecule has 8 nitrogen and oxygen atoms in total. The van der Waals surface area contributed by atoms with Crippen LogP contribution in [0.2, 0.25) is 0 Å². The molecule has 9 heteroatoms. The van der Waals surface area contributed by atoms with Crippen LogP contribution in [0.1, 0.15) is 28.5 Å². The predicted octanol–water partition coefficient (Wildman–Crippen LogP) is 3.52. The maximum atomic E-state index is 13.8. The van der Waals surface area contributed by atoms with Gasteiger partial charge in [-0.25, -0.2) is 4.39 Å². The molecular weight excluding hydrogens is 449 g/mol. The lowest BCUT2D eigenvalue weighted by molar-refractivity contribution is 0.0708. The van der Waals surface area contributed by atoms with E-state index in [9.17, 15) is 14.3 Å². The number of benzene rings is 2. The van der Waals surface area contributed by atoms with Gasteiger partial charge in [0.15, 0.2) is 0 Å². The Morgan fingerprint density at radius 2 is 2.09 bits per heavy atom. The molecule has 2 aromatic heterocycles. The number of nitrogens with zero attached hydrogens (tertiary/aromatic N) is 3. The molecule has 0 saturated carbocycles. The number of carbonyl (C=O) groups is 1. The first kappa shape index (κ1) is 24.3. The molecule has 0 saturated heterocycles. The highest BCUT2D eigenvalue weighted by Gasteiger charge is 2.20. The van der Waals surface area contributed by atoms with Crippen molar-refractivity contribution in [1.82, 2.24) is 25.4 Å². The van der Waals surface area contributed by atoms with Crippen molar-refractivity contribution < 1.29 is 19.0 Å². The Morgan fingerprint density at radius 3 is 2.83 bits per heavy atom. The van der Waals surface area contributed by atoms with E-state index in [2.05, 4.69) is 20.5 Å². The van der Waals surface area contributed by atoms with Crippen LogP contribution in [0.3, 0.4) is 0 Å². The Bertz CT molecular complexity index is 1320. The number of hydrogen-bond donors (Lipinski definition) is 3. The van der Waals surface area contributed by atoms with E-state index in [0.29, 0.717) is 35.6 Å². The van der Waals surface area contributed by atoms with Crippen LogP contribution in [0.15, 0.2) is 54.9 Å². The van der Waals surface area contributed by atoms with Crippen molar-refractivity contribution in [1.29, 1.82) is 0 Å². The highest BCUT2D eigenvalue weighted by molar-refractivity contribution is 5.96. The van der Waals surface area contributed by atoms with Crippen molar-refractivity contribution in [2.24, 2.45) is 0 Å². The summed E-state index contributed by atoms with van der Waals surface area (Å²) >= 11 is 0. The lowest BCUT2D eigenvalue weighted by Gasteiger charge is -2.23. The minimum absolute atomic E-state index is 0.141. The van der Waals surface area contributed by atoms with Crippen LogP contribution in [0.25, 0.3) is 22.0 Å². The van der Waals surface area contributed by atoms with E-state index in [1.807, 2.05) is 14.0 Å². The number of aliphatic hydroxyl groups excluding tert-OH is 1. The van der Waals surface area contributed by atoms with Gasteiger partial charge in [0.25, 0.3) is 5.91 Å². The fraction of sp³-hybridized carbons (Fsp3) is 0.269. The Kier molecular flexibility index (Phi) is 7.69. The van der Waals surface area contributed by atoms with E-state index in [0.717, 1.165) is 22.2 Å². The molecule has 35 heavy (non-hydrogen) atoms. The van der Waals surface area contributed by atoms with Gasteiger partial charge in [0.1, 0.15) is 11.6 Å². The van der Waals surface area contributed by atoms with Gasteiger partial charge in [0, 0.05) is 47.9 Å². The van der Waals surface area contributed by atoms with Gasteiger partial charge >= 0.3 is 0 Å². The number of ether oxygens (including phenoxy) is 1. The molecule has 0 spiro atoms. The first-order chi connectivity index (χ1) is 17.0. The number of H-pyrrole nitrogens is 1. The van der Waals surface area contributed by atoms with Crippen LogP contribution < -0.4 is 10.1 Å². The molecular formula is C26H28FN5O3. The number of amides is 1. The Hall–Kier alpha value is -3.82. The molecule has 182 valence electrons. The number of carbonyl (C=O) groups excluding carboxylic acids is 1. The molecule has 0 bridgehead atoms. The summed E-state index contributed by atoms with van der Waals surface area (Å²) in [6, 6.07) is 11.3. The highest BCUT2D eigenvalue weighted by atomic mass is 19.1. The van der Waals surface area contributed by atoms with E-state index < -0.39 is 0 Å².